The molecule has 14 nitrogen and oxygen atoms in total. The number of aliphatic carboxylic acids is 3. The fourth-order valence-corrected chi connectivity index (χ4v) is 3.87. The average Bonchev–Trinajstić information content (AvgIpc) is 3.26. The zero-order chi connectivity index (χ0) is 29.3. The molecule has 2 aromatic rings. The minimum Gasteiger partial charge on any atom is -0.481 e. The lowest BCUT2D eigenvalue weighted by Gasteiger charge is -2.26. The van der Waals surface area contributed by atoms with E-state index in [0.717, 1.165) is 16.5 Å². The van der Waals surface area contributed by atoms with Crippen molar-refractivity contribution in [2.24, 2.45) is 11.7 Å². The van der Waals surface area contributed by atoms with Crippen molar-refractivity contribution in [3.8, 4) is 0 Å². The number of fused-ring (bicyclic) bond motifs is 1. The molecule has 0 spiro atoms. The molecule has 1 aromatic heterocycles. The number of aromatic amines is 1. The quantitative estimate of drug-likeness (QED) is 0.143. The topological polar surface area (TPSA) is 241 Å². The van der Waals surface area contributed by atoms with Crippen LogP contribution >= 0.6 is 0 Å². The summed E-state index contributed by atoms with van der Waals surface area (Å²) in [4.78, 5) is 75.2. The van der Waals surface area contributed by atoms with Gasteiger partial charge in [0.15, 0.2) is 0 Å². The average molecular weight is 548 g/mol. The van der Waals surface area contributed by atoms with E-state index in [1.165, 1.54) is 0 Å². The first-order valence-corrected chi connectivity index (χ1v) is 12.2. The van der Waals surface area contributed by atoms with Gasteiger partial charge in [0.25, 0.3) is 0 Å². The third-order valence-electron chi connectivity index (χ3n) is 5.97. The molecule has 0 aliphatic carbocycles. The highest BCUT2D eigenvalue weighted by Gasteiger charge is 2.33. The van der Waals surface area contributed by atoms with Crippen LogP contribution in [-0.4, -0.2) is 80.1 Å². The Kier molecular flexibility index (Phi) is 11.0. The highest BCUT2D eigenvalue weighted by Crippen LogP contribution is 2.19. The molecule has 212 valence electrons. The number of hydrogen-bond donors (Lipinski definition) is 8. The van der Waals surface area contributed by atoms with E-state index in [0.29, 0.717) is 0 Å². The van der Waals surface area contributed by atoms with Gasteiger partial charge in [-0.2, -0.15) is 0 Å². The Morgan fingerprint density at radius 1 is 0.872 bits per heavy atom. The third-order valence-corrected chi connectivity index (χ3v) is 5.97. The van der Waals surface area contributed by atoms with E-state index in [2.05, 4.69) is 20.9 Å². The molecule has 0 radical (unpaired) electrons. The van der Waals surface area contributed by atoms with Crippen molar-refractivity contribution in [3.63, 3.8) is 0 Å². The highest BCUT2D eigenvalue weighted by molar-refractivity contribution is 5.96. The van der Waals surface area contributed by atoms with Gasteiger partial charge in [0.2, 0.25) is 17.7 Å². The number of nitrogens with two attached hydrogens (primary N) is 1. The van der Waals surface area contributed by atoms with Crippen molar-refractivity contribution in [2.45, 2.75) is 63.7 Å². The maximum Gasteiger partial charge on any atom is 0.326 e. The summed E-state index contributed by atoms with van der Waals surface area (Å²) in [6, 6.07) is 1.92. The van der Waals surface area contributed by atoms with Crippen LogP contribution in [-0.2, 0) is 35.2 Å². The molecule has 0 aliphatic rings. The van der Waals surface area contributed by atoms with Crippen LogP contribution in [0.1, 0.15) is 38.7 Å². The number of H-pyrrole nitrogens is 1. The molecule has 0 fully saturated rings. The lowest BCUT2D eigenvalue weighted by molar-refractivity contribution is -0.144. The van der Waals surface area contributed by atoms with Gasteiger partial charge >= 0.3 is 17.9 Å². The van der Waals surface area contributed by atoms with Gasteiger partial charge in [0.05, 0.1) is 12.5 Å². The zero-order valence-electron chi connectivity index (χ0n) is 21.5. The molecule has 4 atom stereocenters. The van der Waals surface area contributed by atoms with E-state index >= 15 is 0 Å². The molecule has 3 amide bonds. The van der Waals surface area contributed by atoms with Crippen LogP contribution in [0.4, 0.5) is 0 Å². The summed E-state index contributed by atoms with van der Waals surface area (Å²) in [5, 5.41) is 35.0. The Bertz CT molecular complexity index is 1230. The van der Waals surface area contributed by atoms with Crippen molar-refractivity contribution >= 4 is 46.5 Å². The molecule has 14 heteroatoms. The lowest BCUT2D eigenvalue weighted by atomic mass is 10.0. The van der Waals surface area contributed by atoms with Gasteiger partial charge in [-0.05, 0) is 30.4 Å². The monoisotopic (exact) mass is 547 g/mol. The molecule has 0 saturated carbocycles. The van der Waals surface area contributed by atoms with E-state index in [-0.39, 0.29) is 6.42 Å². The van der Waals surface area contributed by atoms with E-state index in [1.807, 2.05) is 24.3 Å². The standard InChI is InChI=1S/C25H33N5O9/c1-12(2)21(30-22(35)15(26)9-13-11-27-16-6-4-3-5-14(13)16)24(37)29-18(10-20(33)34)23(36)28-17(25(38)39)7-8-19(31)32/h3-6,11-12,15,17-18,21,27H,7-10,26H2,1-2H3,(H,28,36)(H,29,37)(H,30,35)(H,31,32)(H,33,34)(H,38,39). The number of carbonyl (C=O) groups excluding carboxylic acids is 3. The van der Waals surface area contributed by atoms with Crippen LogP contribution in [0.3, 0.4) is 0 Å². The van der Waals surface area contributed by atoms with Crippen LogP contribution in [0, 0.1) is 5.92 Å². The van der Waals surface area contributed by atoms with Crippen LogP contribution in [0.2, 0.25) is 0 Å². The van der Waals surface area contributed by atoms with Gasteiger partial charge in [0.1, 0.15) is 18.1 Å². The van der Waals surface area contributed by atoms with Crippen LogP contribution < -0.4 is 21.7 Å². The van der Waals surface area contributed by atoms with Gasteiger partial charge < -0.3 is 42.0 Å². The SMILES string of the molecule is CC(C)C(NC(=O)C(N)Cc1c[nH]c2ccccc12)C(=O)NC(CC(=O)O)C(=O)NC(CCC(=O)O)C(=O)O. The molecular formula is C25H33N5O9. The second kappa shape index (κ2) is 13.9. The maximum absolute atomic E-state index is 13.0. The normalized spacial score (nSPS) is 14.2. The van der Waals surface area contributed by atoms with E-state index < -0.39 is 85.0 Å². The van der Waals surface area contributed by atoms with Crippen LogP contribution in [0.15, 0.2) is 30.5 Å². The fourth-order valence-electron chi connectivity index (χ4n) is 3.87. The smallest absolute Gasteiger partial charge is 0.326 e. The number of benzene rings is 1. The molecule has 9 N–H and O–H groups in total. The molecule has 0 aliphatic heterocycles. The second-order valence-electron chi connectivity index (χ2n) is 9.39. The van der Waals surface area contributed by atoms with Crippen molar-refractivity contribution in [2.75, 3.05) is 0 Å². The van der Waals surface area contributed by atoms with Crippen LogP contribution in [0.5, 0.6) is 0 Å². The Morgan fingerprint density at radius 3 is 2.10 bits per heavy atom. The first kappa shape index (κ1) is 30.8. The predicted molar refractivity (Wildman–Crippen MR) is 137 cm³/mol. The fraction of sp³-hybridized carbons (Fsp3) is 0.440. The molecule has 4 unspecified atom stereocenters. The second-order valence-corrected chi connectivity index (χ2v) is 9.39. The first-order chi connectivity index (χ1) is 18.3. The summed E-state index contributed by atoms with van der Waals surface area (Å²) in [5.41, 5.74) is 7.77. The van der Waals surface area contributed by atoms with Gasteiger partial charge in [-0.15, -0.1) is 0 Å². The Balaban J connectivity index is 2.10. The number of hydrogen-bond acceptors (Lipinski definition) is 7. The van der Waals surface area contributed by atoms with Crippen LogP contribution in [0.25, 0.3) is 10.9 Å². The molecule has 0 saturated heterocycles. The van der Waals surface area contributed by atoms with Crippen molar-refractivity contribution in [1.29, 1.82) is 0 Å². The molecule has 2 rings (SSSR count). The van der Waals surface area contributed by atoms with Crippen molar-refractivity contribution < 1.29 is 44.1 Å². The van der Waals surface area contributed by atoms with Gasteiger partial charge in [-0.3, -0.25) is 24.0 Å². The zero-order valence-corrected chi connectivity index (χ0v) is 21.5. The lowest BCUT2D eigenvalue weighted by Crippen LogP contribution is -2.58. The summed E-state index contributed by atoms with van der Waals surface area (Å²) in [6.45, 7) is 3.24. The number of para-hydroxylation sites is 1. The molecule has 39 heavy (non-hydrogen) atoms. The van der Waals surface area contributed by atoms with Gasteiger partial charge in [-0.1, -0.05) is 32.0 Å². The Morgan fingerprint density at radius 2 is 1.51 bits per heavy atom. The number of carboxylic acids is 3. The maximum atomic E-state index is 13.0. The van der Waals surface area contributed by atoms with E-state index in [4.69, 9.17) is 10.8 Å². The third kappa shape index (κ3) is 9.10. The Labute approximate surface area is 223 Å². The predicted octanol–water partition coefficient (Wildman–Crippen LogP) is -0.428. The van der Waals surface area contributed by atoms with E-state index in [9.17, 15) is 39.0 Å². The summed E-state index contributed by atoms with van der Waals surface area (Å²) in [7, 11) is 0. The number of rotatable bonds is 15. The minimum atomic E-state index is -1.69. The van der Waals surface area contributed by atoms with Gasteiger partial charge in [-0.25, -0.2) is 4.79 Å². The number of nitrogens with one attached hydrogen (secondary N) is 4. The van der Waals surface area contributed by atoms with Crippen molar-refractivity contribution in [1.82, 2.24) is 20.9 Å². The Hall–Kier alpha value is -4.46. The largest absolute Gasteiger partial charge is 0.481 e. The summed E-state index contributed by atoms with van der Waals surface area (Å²) >= 11 is 0. The molecule has 1 aromatic carbocycles. The number of aromatic nitrogens is 1. The summed E-state index contributed by atoms with van der Waals surface area (Å²) in [5.74, 6) is -7.42. The first-order valence-electron chi connectivity index (χ1n) is 12.2. The number of amides is 3. The number of carbonyl (C=O) groups is 6. The molecule has 0 bridgehead atoms. The molecule has 1 heterocycles. The van der Waals surface area contributed by atoms with Crippen molar-refractivity contribution in [3.05, 3.63) is 36.0 Å². The summed E-state index contributed by atoms with van der Waals surface area (Å²) in [6.07, 6.45) is -0.00205. The van der Waals surface area contributed by atoms with Gasteiger partial charge in [0, 0.05) is 23.5 Å². The number of carboxylic acid groups (broad SMARTS) is 3. The van der Waals surface area contributed by atoms with E-state index in [1.54, 1.807) is 20.0 Å². The molecular weight excluding hydrogens is 514 g/mol. The minimum absolute atomic E-state index is 0.166. The summed E-state index contributed by atoms with van der Waals surface area (Å²) < 4.78 is 0. The highest BCUT2D eigenvalue weighted by atomic mass is 16.4.